The number of hydrogen-bond donors (Lipinski definition) is 1. The summed E-state index contributed by atoms with van der Waals surface area (Å²) in [7, 11) is 0. The van der Waals surface area contributed by atoms with Gasteiger partial charge in [0.05, 0.1) is 6.10 Å². The summed E-state index contributed by atoms with van der Waals surface area (Å²) in [5.74, 6) is 0.646. The highest BCUT2D eigenvalue weighted by molar-refractivity contribution is 6.17. The number of hydrogen-bond acceptors (Lipinski definition) is 1. The van der Waals surface area contributed by atoms with Crippen LogP contribution in [0.25, 0.3) is 0 Å². The van der Waals surface area contributed by atoms with E-state index in [-0.39, 0.29) is 11.5 Å². The third-order valence-corrected chi connectivity index (χ3v) is 1.88. The van der Waals surface area contributed by atoms with E-state index in [1.54, 1.807) is 0 Å². The molecule has 0 rings (SSSR count). The first-order valence-electron chi connectivity index (χ1n) is 3.72. The van der Waals surface area contributed by atoms with Gasteiger partial charge in [-0.05, 0) is 18.3 Å². The van der Waals surface area contributed by atoms with Gasteiger partial charge in [-0.2, -0.15) is 0 Å². The monoisotopic (exact) mass is 164 g/mol. The summed E-state index contributed by atoms with van der Waals surface area (Å²) < 4.78 is 0. The zero-order chi connectivity index (χ0) is 8.20. The van der Waals surface area contributed by atoms with Crippen molar-refractivity contribution < 1.29 is 5.11 Å². The Balaban J connectivity index is 3.52. The molecule has 1 atom stereocenters. The minimum Gasteiger partial charge on any atom is -0.393 e. The molecule has 1 unspecified atom stereocenters. The van der Waals surface area contributed by atoms with Gasteiger partial charge in [-0.15, -0.1) is 11.6 Å². The van der Waals surface area contributed by atoms with Gasteiger partial charge in [0.25, 0.3) is 0 Å². The molecule has 0 saturated carbocycles. The van der Waals surface area contributed by atoms with Crippen LogP contribution in [0, 0.1) is 5.41 Å². The van der Waals surface area contributed by atoms with E-state index >= 15 is 0 Å². The molecule has 0 spiro atoms. The van der Waals surface area contributed by atoms with Gasteiger partial charge in [-0.25, -0.2) is 0 Å². The Morgan fingerprint density at radius 2 is 1.90 bits per heavy atom. The lowest BCUT2D eigenvalue weighted by Crippen LogP contribution is -2.25. The van der Waals surface area contributed by atoms with Crippen LogP contribution in [0.3, 0.4) is 0 Å². The van der Waals surface area contributed by atoms with Crippen molar-refractivity contribution in [1.82, 2.24) is 0 Å². The molecular weight excluding hydrogens is 148 g/mol. The molecule has 0 aliphatic carbocycles. The van der Waals surface area contributed by atoms with Crippen molar-refractivity contribution in [3.8, 4) is 0 Å². The topological polar surface area (TPSA) is 20.2 Å². The van der Waals surface area contributed by atoms with E-state index in [9.17, 15) is 5.11 Å². The van der Waals surface area contributed by atoms with Gasteiger partial charge in [0.2, 0.25) is 0 Å². The number of aliphatic hydroxyl groups is 1. The summed E-state index contributed by atoms with van der Waals surface area (Å²) in [5.41, 5.74) is 0.00601. The van der Waals surface area contributed by atoms with Gasteiger partial charge in [0.1, 0.15) is 0 Å². The van der Waals surface area contributed by atoms with Crippen LogP contribution in [0.1, 0.15) is 33.6 Å². The van der Waals surface area contributed by atoms with Crippen LogP contribution < -0.4 is 0 Å². The minimum atomic E-state index is -0.216. The van der Waals surface area contributed by atoms with Gasteiger partial charge in [0.15, 0.2) is 0 Å². The fourth-order valence-corrected chi connectivity index (χ4v) is 0.858. The molecule has 0 radical (unpaired) electrons. The highest BCUT2D eigenvalue weighted by Gasteiger charge is 2.20. The first-order valence-corrected chi connectivity index (χ1v) is 4.26. The molecule has 62 valence electrons. The molecule has 0 aliphatic rings. The molecule has 0 heterocycles. The van der Waals surface area contributed by atoms with Gasteiger partial charge < -0.3 is 5.11 Å². The third-order valence-electron chi connectivity index (χ3n) is 1.61. The Kier molecular flexibility index (Phi) is 4.30. The van der Waals surface area contributed by atoms with E-state index in [4.69, 9.17) is 11.6 Å². The molecule has 0 fully saturated rings. The second kappa shape index (κ2) is 4.20. The van der Waals surface area contributed by atoms with E-state index in [1.165, 1.54) is 0 Å². The summed E-state index contributed by atoms with van der Waals surface area (Å²) in [6, 6.07) is 0. The van der Waals surface area contributed by atoms with Crippen molar-refractivity contribution in [2.45, 2.75) is 39.7 Å². The largest absolute Gasteiger partial charge is 0.393 e. The average molecular weight is 165 g/mol. The first-order chi connectivity index (χ1) is 4.48. The van der Waals surface area contributed by atoms with Crippen LogP contribution in [-0.4, -0.2) is 17.1 Å². The van der Waals surface area contributed by atoms with Gasteiger partial charge in [0, 0.05) is 5.88 Å². The maximum Gasteiger partial charge on any atom is 0.0588 e. The Labute approximate surface area is 68.4 Å². The maximum absolute atomic E-state index is 9.46. The number of aliphatic hydroxyl groups excluding tert-OH is 1. The van der Waals surface area contributed by atoms with Crippen LogP contribution in [0.5, 0.6) is 0 Å². The number of rotatable bonds is 3. The highest BCUT2D eigenvalue weighted by Crippen LogP contribution is 2.22. The molecule has 0 aromatic carbocycles. The van der Waals surface area contributed by atoms with E-state index in [2.05, 4.69) is 0 Å². The Morgan fingerprint density at radius 3 is 2.20 bits per heavy atom. The molecule has 1 nitrogen and oxygen atoms in total. The Bertz CT molecular complexity index is 85.7. The quantitative estimate of drug-likeness (QED) is 0.636. The van der Waals surface area contributed by atoms with E-state index in [0.717, 1.165) is 12.8 Å². The lowest BCUT2D eigenvalue weighted by molar-refractivity contribution is 0.0553. The molecule has 0 amide bonds. The molecule has 0 aromatic rings. The lowest BCUT2D eigenvalue weighted by Gasteiger charge is -2.25. The van der Waals surface area contributed by atoms with Gasteiger partial charge in [-0.1, -0.05) is 20.8 Å². The van der Waals surface area contributed by atoms with Crippen LogP contribution >= 0.6 is 11.6 Å². The molecule has 10 heavy (non-hydrogen) atoms. The molecule has 0 aliphatic heterocycles. The first kappa shape index (κ1) is 10.2. The van der Waals surface area contributed by atoms with Crippen molar-refractivity contribution in [2.75, 3.05) is 5.88 Å². The summed E-state index contributed by atoms with van der Waals surface area (Å²) >= 11 is 5.48. The van der Waals surface area contributed by atoms with Crippen molar-refractivity contribution >= 4 is 11.6 Å². The normalized spacial score (nSPS) is 15.3. The Morgan fingerprint density at radius 1 is 1.40 bits per heavy atom. The van der Waals surface area contributed by atoms with E-state index < -0.39 is 0 Å². The van der Waals surface area contributed by atoms with Crippen molar-refractivity contribution in [3.63, 3.8) is 0 Å². The summed E-state index contributed by atoms with van der Waals surface area (Å²) in [5, 5.41) is 9.46. The maximum atomic E-state index is 9.46. The second-order valence-corrected chi connectivity index (χ2v) is 4.09. The van der Waals surface area contributed by atoms with E-state index in [0.29, 0.717) is 5.88 Å². The summed E-state index contributed by atoms with van der Waals surface area (Å²) in [6.45, 7) is 6.10. The predicted molar refractivity (Wildman–Crippen MR) is 45.4 cm³/mol. The molecule has 2 heteroatoms. The Hall–Kier alpha value is 0.250. The minimum absolute atomic E-state index is 0.00601. The SMILES string of the molecule is CC(C)(C)C(O)CCCCl. The molecular formula is C8H17ClO. The molecule has 0 bridgehead atoms. The predicted octanol–water partition coefficient (Wildman–Crippen LogP) is 2.41. The molecule has 0 aromatic heterocycles. The highest BCUT2D eigenvalue weighted by atomic mass is 35.5. The molecule has 0 saturated heterocycles. The number of alkyl halides is 1. The molecule has 1 N–H and O–H groups in total. The van der Waals surface area contributed by atoms with Crippen LogP contribution in [-0.2, 0) is 0 Å². The van der Waals surface area contributed by atoms with Crippen LogP contribution in [0.2, 0.25) is 0 Å². The van der Waals surface area contributed by atoms with E-state index in [1.807, 2.05) is 20.8 Å². The fraction of sp³-hybridized carbons (Fsp3) is 1.00. The van der Waals surface area contributed by atoms with Crippen LogP contribution in [0.15, 0.2) is 0 Å². The van der Waals surface area contributed by atoms with Crippen molar-refractivity contribution in [2.24, 2.45) is 5.41 Å². The van der Waals surface area contributed by atoms with Crippen molar-refractivity contribution in [1.29, 1.82) is 0 Å². The van der Waals surface area contributed by atoms with Crippen molar-refractivity contribution in [3.05, 3.63) is 0 Å². The summed E-state index contributed by atoms with van der Waals surface area (Å²) in [6.07, 6.45) is 1.50. The van der Waals surface area contributed by atoms with Gasteiger partial charge in [-0.3, -0.25) is 0 Å². The summed E-state index contributed by atoms with van der Waals surface area (Å²) in [4.78, 5) is 0. The zero-order valence-electron chi connectivity index (χ0n) is 7.02. The number of halogens is 1. The fourth-order valence-electron chi connectivity index (χ4n) is 0.704. The smallest absolute Gasteiger partial charge is 0.0588 e. The van der Waals surface area contributed by atoms with Gasteiger partial charge >= 0.3 is 0 Å². The average Bonchev–Trinajstić information content (AvgIpc) is 1.80. The zero-order valence-corrected chi connectivity index (χ0v) is 7.78. The lowest BCUT2D eigenvalue weighted by atomic mass is 9.87. The standard InChI is InChI=1S/C8H17ClO/c1-8(2,3)7(10)5-4-6-9/h7,10H,4-6H2,1-3H3. The van der Waals surface area contributed by atoms with Crippen LogP contribution in [0.4, 0.5) is 0 Å². The third kappa shape index (κ3) is 4.13. The second-order valence-electron chi connectivity index (χ2n) is 3.71.